The summed E-state index contributed by atoms with van der Waals surface area (Å²) in [5, 5.41) is 0. The number of halogens is 1. The van der Waals surface area contributed by atoms with Gasteiger partial charge in [-0.25, -0.2) is 4.39 Å². The Balaban J connectivity index is 2.49. The number of benzene rings is 2. The molecule has 2 heteroatoms. The molecule has 2 rings (SSSR count). The van der Waals surface area contributed by atoms with Crippen LogP contribution in [0.5, 0.6) is 0 Å². The molecule has 0 amide bonds. The van der Waals surface area contributed by atoms with Crippen molar-refractivity contribution in [2.45, 2.75) is 6.92 Å². The summed E-state index contributed by atoms with van der Waals surface area (Å²) < 4.78 is 12.9. The Morgan fingerprint density at radius 3 is 2.27 bits per heavy atom. The lowest BCUT2D eigenvalue weighted by Crippen LogP contribution is -1.87. The predicted molar refractivity (Wildman–Crippen MR) is 61.0 cm³/mol. The van der Waals surface area contributed by atoms with E-state index < -0.39 is 0 Å². The van der Waals surface area contributed by atoms with E-state index in [9.17, 15) is 4.39 Å². The number of anilines is 1. The highest BCUT2D eigenvalue weighted by Gasteiger charge is 2.02. The summed E-state index contributed by atoms with van der Waals surface area (Å²) in [5.41, 5.74) is 9.37. The van der Waals surface area contributed by atoms with Gasteiger partial charge in [-0.3, -0.25) is 0 Å². The van der Waals surface area contributed by atoms with Gasteiger partial charge < -0.3 is 5.73 Å². The van der Waals surface area contributed by atoms with Crippen molar-refractivity contribution >= 4 is 5.69 Å². The first-order valence-corrected chi connectivity index (χ1v) is 4.79. The Labute approximate surface area is 88.4 Å². The molecule has 0 aliphatic carbocycles. The summed E-state index contributed by atoms with van der Waals surface area (Å²) in [7, 11) is 0. The normalized spacial score (nSPS) is 10.3. The molecular formula is C13H12FN. The number of nitrogen functional groups attached to an aromatic ring is 1. The quantitative estimate of drug-likeness (QED) is 0.703. The van der Waals surface area contributed by atoms with Gasteiger partial charge in [0.2, 0.25) is 0 Å². The van der Waals surface area contributed by atoms with E-state index in [1.54, 1.807) is 6.07 Å². The van der Waals surface area contributed by atoms with Crippen molar-refractivity contribution in [3.8, 4) is 11.1 Å². The predicted octanol–water partition coefficient (Wildman–Crippen LogP) is 3.38. The minimum Gasteiger partial charge on any atom is -0.399 e. The average Bonchev–Trinajstić information content (AvgIpc) is 2.20. The average molecular weight is 201 g/mol. The third-order valence-electron chi connectivity index (χ3n) is 2.41. The molecule has 0 aliphatic rings. The van der Waals surface area contributed by atoms with Crippen LogP contribution in [0, 0.1) is 12.7 Å². The second-order valence-electron chi connectivity index (χ2n) is 3.58. The fourth-order valence-electron chi connectivity index (χ4n) is 1.61. The van der Waals surface area contributed by atoms with E-state index >= 15 is 0 Å². The Morgan fingerprint density at radius 2 is 1.67 bits per heavy atom. The number of nitrogens with two attached hydrogens (primary N) is 1. The molecule has 1 nitrogen and oxygen atoms in total. The molecule has 0 saturated heterocycles. The lowest BCUT2D eigenvalue weighted by atomic mass is 10.0. The Bertz CT molecular complexity index is 474. The summed E-state index contributed by atoms with van der Waals surface area (Å²) in [6.45, 7) is 1.90. The van der Waals surface area contributed by atoms with Crippen LogP contribution in [-0.2, 0) is 0 Å². The van der Waals surface area contributed by atoms with E-state index in [-0.39, 0.29) is 5.82 Å². The van der Waals surface area contributed by atoms with Gasteiger partial charge >= 0.3 is 0 Å². The van der Waals surface area contributed by atoms with Crippen molar-refractivity contribution in [3.63, 3.8) is 0 Å². The van der Waals surface area contributed by atoms with Crippen LogP contribution in [0.3, 0.4) is 0 Å². The van der Waals surface area contributed by atoms with Gasteiger partial charge in [-0.05, 0) is 47.9 Å². The topological polar surface area (TPSA) is 26.0 Å². The van der Waals surface area contributed by atoms with Gasteiger partial charge in [-0.15, -0.1) is 0 Å². The molecule has 2 N–H and O–H groups in total. The zero-order chi connectivity index (χ0) is 10.8. The first-order chi connectivity index (χ1) is 7.16. The van der Waals surface area contributed by atoms with Crippen LogP contribution in [0.25, 0.3) is 11.1 Å². The van der Waals surface area contributed by atoms with E-state index in [4.69, 9.17) is 5.73 Å². The number of aryl methyl sites for hydroxylation is 1. The fourth-order valence-corrected chi connectivity index (χ4v) is 1.61. The second-order valence-corrected chi connectivity index (χ2v) is 3.58. The third kappa shape index (κ3) is 1.99. The molecule has 76 valence electrons. The summed E-state index contributed by atoms with van der Waals surface area (Å²) in [5.74, 6) is -0.202. The van der Waals surface area contributed by atoms with Gasteiger partial charge in [-0.2, -0.15) is 0 Å². The number of hydrogen-bond donors (Lipinski definition) is 1. The monoisotopic (exact) mass is 201 g/mol. The van der Waals surface area contributed by atoms with Crippen molar-refractivity contribution in [2.24, 2.45) is 0 Å². The Morgan fingerprint density at radius 1 is 1.00 bits per heavy atom. The standard InChI is InChI=1S/C13H12FN/c1-9-8-11(14)4-7-13(9)10-2-5-12(15)6-3-10/h2-8H,15H2,1H3. The SMILES string of the molecule is Cc1cc(F)ccc1-c1ccc(N)cc1. The van der Waals surface area contributed by atoms with Crippen LogP contribution in [0.2, 0.25) is 0 Å². The van der Waals surface area contributed by atoms with Gasteiger partial charge in [0.1, 0.15) is 5.82 Å². The molecule has 2 aromatic carbocycles. The van der Waals surface area contributed by atoms with Crippen LogP contribution < -0.4 is 5.73 Å². The highest BCUT2D eigenvalue weighted by Crippen LogP contribution is 2.24. The molecule has 0 spiro atoms. The molecule has 0 bridgehead atoms. The van der Waals surface area contributed by atoms with Crippen LogP contribution in [0.4, 0.5) is 10.1 Å². The molecule has 0 unspecified atom stereocenters. The van der Waals surface area contributed by atoms with Crippen LogP contribution in [0.1, 0.15) is 5.56 Å². The van der Waals surface area contributed by atoms with E-state index in [0.29, 0.717) is 0 Å². The van der Waals surface area contributed by atoms with Crippen molar-refractivity contribution in [3.05, 3.63) is 53.8 Å². The molecule has 0 atom stereocenters. The molecule has 0 aromatic heterocycles. The maximum atomic E-state index is 12.9. The van der Waals surface area contributed by atoms with Gasteiger partial charge in [0.25, 0.3) is 0 Å². The van der Waals surface area contributed by atoms with Gasteiger partial charge in [0.05, 0.1) is 0 Å². The lowest BCUT2D eigenvalue weighted by molar-refractivity contribution is 0.627. The molecule has 0 fully saturated rings. The molecule has 2 aromatic rings. The van der Waals surface area contributed by atoms with E-state index in [2.05, 4.69) is 0 Å². The first kappa shape index (κ1) is 9.71. The smallest absolute Gasteiger partial charge is 0.123 e. The van der Waals surface area contributed by atoms with Crippen molar-refractivity contribution in [2.75, 3.05) is 5.73 Å². The number of hydrogen-bond acceptors (Lipinski definition) is 1. The molecule has 0 aliphatic heterocycles. The second kappa shape index (κ2) is 3.73. The minimum absolute atomic E-state index is 0.202. The first-order valence-electron chi connectivity index (χ1n) is 4.79. The molecule has 0 radical (unpaired) electrons. The highest BCUT2D eigenvalue weighted by molar-refractivity contribution is 5.68. The third-order valence-corrected chi connectivity index (χ3v) is 2.41. The molecular weight excluding hydrogens is 189 g/mol. The van der Waals surface area contributed by atoms with E-state index in [0.717, 1.165) is 22.4 Å². The number of rotatable bonds is 1. The van der Waals surface area contributed by atoms with Crippen molar-refractivity contribution < 1.29 is 4.39 Å². The molecule has 15 heavy (non-hydrogen) atoms. The maximum absolute atomic E-state index is 12.9. The Kier molecular flexibility index (Phi) is 2.42. The lowest BCUT2D eigenvalue weighted by Gasteiger charge is -2.06. The zero-order valence-electron chi connectivity index (χ0n) is 8.50. The van der Waals surface area contributed by atoms with E-state index in [1.165, 1.54) is 12.1 Å². The van der Waals surface area contributed by atoms with Gasteiger partial charge in [-0.1, -0.05) is 18.2 Å². The van der Waals surface area contributed by atoms with E-state index in [1.807, 2.05) is 31.2 Å². The van der Waals surface area contributed by atoms with Crippen LogP contribution >= 0.6 is 0 Å². The van der Waals surface area contributed by atoms with Crippen LogP contribution in [-0.4, -0.2) is 0 Å². The van der Waals surface area contributed by atoms with Crippen LogP contribution in [0.15, 0.2) is 42.5 Å². The highest BCUT2D eigenvalue weighted by atomic mass is 19.1. The van der Waals surface area contributed by atoms with Gasteiger partial charge in [0, 0.05) is 5.69 Å². The summed E-state index contributed by atoms with van der Waals surface area (Å²) in [4.78, 5) is 0. The fraction of sp³-hybridized carbons (Fsp3) is 0.0769. The van der Waals surface area contributed by atoms with Gasteiger partial charge in [0.15, 0.2) is 0 Å². The summed E-state index contributed by atoms with van der Waals surface area (Å²) in [6.07, 6.45) is 0. The maximum Gasteiger partial charge on any atom is 0.123 e. The minimum atomic E-state index is -0.202. The zero-order valence-corrected chi connectivity index (χ0v) is 8.50. The molecule has 0 saturated carbocycles. The Hall–Kier alpha value is -1.83. The largest absolute Gasteiger partial charge is 0.399 e. The van der Waals surface area contributed by atoms with Crippen molar-refractivity contribution in [1.29, 1.82) is 0 Å². The molecule has 0 heterocycles. The summed E-state index contributed by atoms with van der Waals surface area (Å²) in [6, 6.07) is 12.4. The van der Waals surface area contributed by atoms with Crippen molar-refractivity contribution in [1.82, 2.24) is 0 Å². The summed E-state index contributed by atoms with van der Waals surface area (Å²) >= 11 is 0.